The molecule has 0 aliphatic carbocycles. The molecule has 0 aromatic carbocycles. The molecule has 0 amide bonds. The van der Waals surface area contributed by atoms with E-state index in [9.17, 15) is 0 Å². The predicted octanol–water partition coefficient (Wildman–Crippen LogP) is 1.97. The van der Waals surface area contributed by atoms with Crippen LogP contribution in [-0.2, 0) is 0 Å². The van der Waals surface area contributed by atoms with Crippen molar-refractivity contribution in [1.29, 1.82) is 0 Å². The van der Waals surface area contributed by atoms with Gasteiger partial charge < -0.3 is 0 Å². The summed E-state index contributed by atoms with van der Waals surface area (Å²) in [4.78, 5) is 2.27. The second-order valence-corrected chi connectivity index (χ2v) is 5.68. The molecule has 0 fully saturated rings. The van der Waals surface area contributed by atoms with Crippen molar-refractivity contribution in [2.75, 3.05) is 0 Å². The molecule has 0 radical (unpaired) electrons. The summed E-state index contributed by atoms with van der Waals surface area (Å²) in [6.07, 6.45) is 6.53. The van der Waals surface area contributed by atoms with Gasteiger partial charge in [0.1, 0.15) is 0 Å². The summed E-state index contributed by atoms with van der Waals surface area (Å²) in [5.74, 6) is 0. The minimum absolute atomic E-state index is 0.474. The van der Waals surface area contributed by atoms with Crippen LogP contribution in [0.3, 0.4) is 0 Å². The summed E-state index contributed by atoms with van der Waals surface area (Å²) in [5, 5.41) is 0. The van der Waals surface area contributed by atoms with Gasteiger partial charge in [0.25, 0.3) is 0 Å². The van der Waals surface area contributed by atoms with E-state index < -0.39 is 0 Å². The Morgan fingerprint density at radius 2 is 2.00 bits per heavy atom. The van der Waals surface area contributed by atoms with Gasteiger partial charge in [-0.15, -0.1) is 0 Å². The Labute approximate surface area is 56.8 Å². The van der Waals surface area contributed by atoms with Gasteiger partial charge >= 0.3 is 56.3 Å². The molecule has 1 aliphatic rings. The van der Waals surface area contributed by atoms with Crippen LogP contribution in [-0.4, -0.2) is 15.0 Å². The van der Waals surface area contributed by atoms with Crippen LogP contribution in [0.25, 0.3) is 0 Å². The fourth-order valence-corrected chi connectivity index (χ4v) is 2.01. The zero-order chi connectivity index (χ0) is 6.04. The average Bonchev–Trinajstić information content (AvgIpc) is 1.65. The van der Waals surface area contributed by atoms with Crippen LogP contribution in [0.2, 0.25) is 4.31 Å². The van der Waals surface area contributed by atoms with Crippen molar-refractivity contribution in [2.45, 2.75) is 18.2 Å². The molecule has 0 bridgehead atoms. The van der Waals surface area contributed by atoms with Crippen molar-refractivity contribution in [2.24, 2.45) is 0 Å². The molecular formula is C7H10Se. The SMILES string of the molecule is CC1(C)C=CC=C[Se]1. The minimum atomic E-state index is 0.474. The van der Waals surface area contributed by atoms with E-state index in [1.165, 1.54) is 0 Å². The summed E-state index contributed by atoms with van der Waals surface area (Å²) in [5.41, 5.74) is 0. The van der Waals surface area contributed by atoms with Crippen molar-refractivity contribution in [3.05, 3.63) is 23.2 Å². The standard InChI is InChI=1S/C7H10Se/c1-7(2)5-3-4-6-8-7/h3-6H,1-2H3. The Kier molecular flexibility index (Phi) is 1.59. The van der Waals surface area contributed by atoms with Crippen LogP contribution in [0.15, 0.2) is 23.2 Å². The molecule has 0 nitrogen and oxygen atoms in total. The zero-order valence-electron chi connectivity index (χ0n) is 5.22. The first-order valence-electron chi connectivity index (χ1n) is 2.73. The Hall–Kier alpha value is -0.000519. The average molecular weight is 173 g/mol. The van der Waals surface area contributed by atoms with E-state index in [-0.39, 0.29) is 0 Å². The van der Waals surface area contributed by atoms with Crippen molar-refractivity contribution in [3.63, 3.8) is 0 Å². The quantitative estimate of drug-likeness (QED) is 0.491. The topological polar surface area (TPSA) is 0 Å². The fourth-order valence-electron chi connectivity index (χ4n) is 0.587. The van der Waals surface area contributed by atoms with Crippen molar-refractivity contribution < 1.29 is 0 Å². The second-order valence-electron chi connectivity index (χ2n) is 2.41. The Bertz CT molecular complexity index is 131. The van der Waals surface area contributed by atoms with E-state index in [4.69, 9.17) is 0 Å². The van der Waals surface area contributed by atoms with Crippen molar-refractivity contribution in [1.82, 2.24) is 0 Å². The molecule has 0 saturated heterocycles. The second kappa shape index (κ2) is 2.08. The van der Waals surface area contributed by atoms with Gasteiger partial charge in [-0.1, -0.05) is 0 Å². The third kappa shape index (κ3) is 1.50. The molecule has 0 atom stereocenters. The Balaban J connectivity index is 2.65. The first-order chi connectivity index (χ1) is 3.71. The summed E-state index contributed by atoms with van der Waals surface area (Å²) in [6, 6.07) is 0. The number of hydrogen-bond donors (Lipinski definition) is 0. The summed E-state index contributed by atoms with van der Waals surface area (Å²) in [7, 11) is 0. The maximum absolute atomic E-state index is 2.27. The normalized spacial score (nSPS) is 23.8. The predicted molar refractivity (Wildman–Crippen MR) is 38.1 cm³/mol. The van der Waals surface area contributed by atoms with Crippen molar-refractivity contribution >= 4 is 15.0 Å². The zero-order valence-corrected chi connectivity index (χ0v) is 6.93. The molecule has 0 unspecified atom stereocenters. The fraction of sp³-hybridized carbons (Fsp3) is 0.429. The van der Waals surface area contributed by atoms with E-state index >= 15 is 0 Å². The van der Waals surface area contributed by atoms with Gasteiger partial charge in [0.05, 0.1) is 0 Å². The van der Waals surface area contributed by atoms with Gasteiger partial charge in [0, 0.05) is 0 Å². The first-order valence-corrected chi connectivity index (χ1v) is 4.57. The molecule has 1 heteroatoms. The number of rotatable bonds is 0. The molecule has 1 aliphatic heterocycles. The van der Waals surface area contributed by atoms with E-state index in [0.717, 1.165) is 0 Å². The summed E-state index contributed by atoms with van der Waals surface area (Å²) in [6.45, 7) is 4.54. The molecule has 0 aromatic heterocycles. The van der Waals surface area contributed by atoms with E-state index in [0.29, 0.717) is 19.3 Å². The van der Waals surface area contributed by atoms with Crippen LogP contribution in [0.5, 0.6) is 0 Å². The molecule has 0 N–H and O–H groups in total. The number of allylic oxidation sites excluding steroid dienone is 3. The summed E-state index contributed by atoms with van der Waals surface area (Å²) < 4.78 is 0.474. The molecule has 1 rings (SSSR count). The van der Waals surface area contributed by atoms with E-state index in [2.05, 4.69) is 37.0 Å². The van der Waals surface area contributed by atoms with Gasteiger partial charge in [-0.25, -0.2) is 0 Å². The van der Waals surface area contributed by atoms with E-state index in [1.807, 2.05) is 0 Å². The van der Waals surface area contributed by atoms with Gasteiger partial charge in [-0.05, 0) is 0 Å². The van der Waals surface area contributed by atoms with Crippen LogP contribution >= 0.6 is 0 Å². The monoisotopic (exact) mass is 174 g/mol. The van der Waals surface area contributed by atoms with Crippen LogP contribution < -0.4 is 0 Å². The van der Waals surface area contributed by atoms with Crippen LogP contribution in [0, 0.1) is 0 Å². The molecule has 0 saturated carbocycles. The molecule has 0 aromatic rings. The van der Waals surface area contributed by atoms with Gasteiger partial charge in [0.2, 0.25) is 0 Å². The number of hydrogen-bond acceptors (Lipinski definition) is 0. The van der Waals surface area contributed by atoms with E-state index in [1.54, 1.807) is 0 Å². The molecule has 0 spiro atoms. The van der Waals surface area contributed by atoms with Crippen LogP contribution in [0.4, 0.5) is 0 Å². The Morgan fingerprint density at radius 1 is 1.25 bits per heavy atom. The third-order valence-electron chi connectivity index (χ3n) is 1.06. The third-order valence-corrected chi connectivity index (χ3v) is 3.23. The van der Waals surface area contributed by atoms with Crippen LogP contribution in [0.1, 0.15) is 13.8 Å². The molecular weight excluding hydrogens is 163 g/mol. The Morgan fingerprint density at radius 3 is 2.25 bits per heavy atom. The maximum atomic E-state index is 2.27. The first kappa shape index (κ1) is 6.12. The van der Waals surface area contributed by atoms with Gasteiger partial charge in [0.15, 0.2) is 0 Å². The van der Waals surface area contributed by atoms with Gasteiger partial charge in [-0.2, -0.15) is 0 Å². The molecule has 8 heavy (non-hydrogen) atoms. The summed E-state index contributed by atoms with van der Waals surface area (Å²) >= 11 is 0.682. The molecule has 1 heterocycles. The molecule has 44 valence electrons. The van der Waals surface area contributed by atoms with Crippen molar-refractivity contribution in [3.8, 4) is 0 Å². The van der Waals surface area contributed by atoms with Gasteiger partial charge in [-0.3, -0.25) is 0 Å².